The van der Waals surface area contributed by atoms with Gasteiger partial charge in [-0.05, 0) is 19.9 Å². The van der Waals surface area contributed by atoms with Crippen molar-refractivity contribution >= 4 is 23.3 Å². The Kier molecular flexibility index (Phi) is 14.5. The number of nitrogen functional groups attached to an aromatic ring is 2. The van der Waals surface area contributed by atoms with E-state index in [1.54, 1.807) is 12.1 Å². The predicted octanol–water partition coefficient (Wildman–Crippen LogP) is 4.75. The summed E-state index contributed by atoms with van der Waals surface area (Å²) in [5.74, 6) is -0.589. The highest BCUT2D eigenvalue weighted by Gasteiger charge is 2.27. The smallest absolute Gasteiger partial charge is 0.339 e. The monoisotopic (exact) mass is 434 g/mol. The van der Waals surface area contributed by atoms with Crippen LogP contribution in [0.25, 0.3) is 0 Å². The molecule has 0 saturated carbocycles. The second-order valence-electron chi connectivity index (χ2n) is 5.47. The number of pyridine rings is 1. The molecule has 0 amide bonds. The van der Waals surface area contributed by atoms with Crippen LogP contribution in [0, 0.1) is 11.3 Å². The molecule has 0 bridgehead atoms. The van der Waals surface area contributed by atoms with Gasteiger partial charge in [-0.25, -0.2) is 4.79 Å². The molecule has 31 heavy (non-hydrogen) atoms. The van der Waals surface area contributed by atoms with Crippen molar-refractivity contribution in [3.05, 3.63) is 40.5 Å². The Morgan fingerprint density at radius 2 is 1.68 bits per heavy atom. The molecular weight excluding hydrogens is 403 g/mol. The summed E-state index contributed by atoms with van der Waals surface area (Å²) >= 11 is 0. The zero-order valence-electron chi connectivity index (χ0n) is 19.0. The van der Waals surface area contributed by atoms with Crippen LogP contribution in [-0.4, -0.2) is 29.0 Å². The summed E-state index contributed by atoms with van der Waals surface area (Å²) in [4.78, 5) is 24.7. The second-order valence-corrected chi connectivity index (χ2v) is 5.47. The number of aromatic carboxylic acids is 1. The lowest BCUT2D eigenvalue weighted by molar-refractivity contribution is -0.115. The standard InChI is InChI=1S/C14H10N4O3.C3H6O.2C2H6.CH3F/c15-5-9-10(16)8-4-6-2-1-3-7(14(19)20)11(6)21-13(8)18-12(9)17;1-3(2)4;3*1-2/h1-3H,4H2,(H,19,20)(H4,16,17,18);1-2H3;2*1-2H3;1H3. The molecular formula is C22H31FN4O4. The number of ether oxygens (including phenoxy) is 1. The van der Waals surface area contributed by atoms with Crippen molar-refractivity contribution in [2.75, 3.05) is 18.6 Å². The van der Waals surface area contributed by atoms with Gasteiger partial charge in [0.05, 0.1) is 12.9 Å². The number of carboxylic acids is 1. The van der Waals surface area contributed by atoms with Crippen molar-refractivity contribution in [1.29, 1.82) is 5.26 Å². The number of nitrogens with two attached hydrogens (primary N) is 2. The minimum atomic E-state index is -1.09. The number of hydrogen-bond donors (Lipinski definition) is 3. The van der Waals surface area contributed by atoms with Gasteiger partial charge < -0.3 is 26.1 Å². The Bertz CT molecular complexity index is 921. The van der Waals surface area contributed by atoms with Gasteiger partial charge >= 0.3 is 5.97 Å². The molecule has 0 unspecified atom stereocenters. The minimum absolute atomic E-state index is 0.0370. The zero-order chi connectivity index (χ0) is 24.7. The summed E-state index contributed by atoms with van der Waals surface area (Å²) in [5, 5.41) is 18.2. The Balaban J connectivity index is 0. The molecule has 9 heteroatoms. The number of rotatable bonds is 1. The van der Waals surface area contributed by atoms with E-state index in [1.807, 2.05) is 33.8 Å². The topological polar surface area (TPSA) is 152 Å². The van der Waals surface area contributed by atoms with Crippen molar-refractivity contribution < 1.29 is 23.8 Å². The first kappa shape index (κ1) is 29.5. The number of carbonyl (C=O) groups excluding carboxylic acids is 1. The third-order valence-corrected chi connectivity index (χ3v) is 3.34. The normalized spacial score (nSPS) is 9.39. The molecule has 170 valence electrons. The number of anilines is 2. The summed E-state index contributed by atoms with van der Waals surface area (Å²) in [6, 6.07) is 6.72. The summed E-state index contributed by atoms with van der Waals surface area (Å²) in [6.45, 7) is 11.1. The number of ketones is 1. The molecule has 0 saturated heterocycles. The van der Waals surface area contributed by atoms with Crippen LogP contribution >= 0.6 is 0 Å². The number of carbonyl (C=O) groups is 2. The average molecular weight is 435 g/mol. The maximum absolute atomic E-state index is 11.2. The number of Topliss-reactive ketones (excluding diaryl/α,β-unsaturated/α-hetero) is 1. The minimum Gasteiger partial charge on any atom is -0.478 e. The molecule has 0 atom stereocenters. The first-order valence-corrected chi connectivity index (χ1v) is 9.62. The molecule has 8 nitrogen and oxygen atoms in total. The van der Waals surface area contributed by atoms with E-state index in [-0.39, 0.29) is 40.0 Å². The number of benzene rings is 1. The molecule has 1 aliphatic heterocycles. The van der Waals surface area contributed by atoms with Crippen LogP contribution in [0.15, 0.2) is 18.2 Å². The van der Waals surface area contributed by atoms with Crippen LogP contribution < -0.4 is 16.2 Å². The maximum atomic E-state index is 11.2. The molecule has 1 aliphatic rings. The first-order chi connectivity index (χ1) is 14.8. The lowest BCUT2D eigenvalue weighted by Crippen LogP contribution is -2.14. The molecule has 0 spiro atoms. The molecule has 0 radical (unpaired) electrons. The van der Waals surface area contributed by atoms with E-state index in [9.17, 15) is 19.1 Å². The summed E-state index contributed by atoms with van der Waals surface area (Å²) in [6.07, 6.45) is 0.333. The van der Waals surface area contributed by atoms with E-state index >= 15 is 0 Å². The Labute approximate surface area is 182 Å². The largest absolute Gasteiger partial charge is 0.478 e. The van der Waals surface area contributed by atoms with E-state index < -0.39 is 5.97 Å². The molecule has 1 aromatic carbocycles. The second kappa shape index (κ2) is 15.2. The number of halogens is 1. The Morgan fingerprint density at radius 3 is 2.13 bits per heavy atom. The van der Waals surface area contributed by atoms with Gasteiger partial charge in [0.1, 0.15) is 34.5 Å². The fraction of sp³-hybridized carbons (Fsp3) is 0.364. The molecule has 5 N–H and O–H groups in total. The summed E-state index contributed by atoms with van der Waals surface area (Å²) < 4.78 is 15.1. The van der Waals surface area contributed by atoms with E-state index in [2.05, 4.69) is 4.98 Å². The van der Waals surface area contributed by atoms with E-state index in [0.29, 0.717) is 24.7 Å². The van der Waals surface area contributed by atoms with Crippen molar-refractivity contribution in [1.82, 2.24) is 4.98 Å². The first-order valence-electron chi connectivity index (χ1n) is 9.62. The van der Waals surface area contributed by atoms with Gasteiger partial charge in [-0.2, -0.15) is 10.2 Å². The number of fused-ring (bicyclic) bond motifs is 2. The van der Waals surface area contributed by atoms with Crippen molar-refractivity contribution in [3.63, 3.8) is 0 Å². The highest BCUT2D eigenvalue weighted by molar-refractivity contribution is 5.92. The number of nitrogens with zero attached hydrogens (tertiary/aromatic N) is 2. The van der Waals surface area contributed by atoms with Crippen LogP contribution in [-0.2, 0) is 11.2 Å². The SMILES string of the molecule is CC.CC.CC(C)=O.CF.N#Cc1c(N)nc2c(c1N)Cc1cccc(C(=O)O)c1O2. The van der Waals surface area contributed by atoms with E-state index in [4.69, 9.17) is 21.5 Å². The number of carboxylic acid groups (broad SMARTS) is 1. The number of hydrogen-bond acceptors (Lipinski definition) is 7. The van der Waals surface area contributed by atoms with E-state index in [0.717, 1.165) is 0 Å². The Hall–Kier alpha value is -3.67. The van der Waals surface area contributed by atoms with Crippen LogP contribution in [0.5, 0.6) is 11.6 Å². The van der Waals surface area contributed by atoms with Crippen molar-refractivity contribution in [2.24, 2.45) is 0 Å². The van der Waals surface area contributed by atoms with Crippen LogP contribution in [0.2, 0.25) is 0 Å². The fourth-order valence-electron chi connectivity index (χ4n) is 2.31. The Morgan fingerprint density at radius 1 is 1.16 bits per heavy atom. The maximum Gasteiger partial charge on any atom is 0.339 e. The van der Waals surface area contributed by atoms with Crippen LogP contribution in [0.3, 0.4) is 0 Å². The number of alkyl halides is 1. The van der Waals surface area contributed by atoms with Crippen molar-refractivity contribution in [3.8, 4) is 17.7 Å². The van der Waals surface area contributed by atoms with Gasteiger partial charge in [0, 0.05) is 17.5 Å². The third-order valence-electron chi connectivity index (χ3n) is 3.34. The average Bonchev–Trinajstić information content (AvgIpc) is 2.76. The van der Waals surface area contributed by atoms with Crippen molar-refractivity contribution in [2.45, 2.75) is 48.0 Å². The lowest BCUT2D eigenvalue weighted by Gasteiger charge is -2.22. The van der Waals surface area contributed by atoms with Gasteiger partial charge in [0.2, 0.25) is 5.88 Å². The molecule has 3 rings (SSSR count). The molecule has 1 aromatic heterocycles. The molecule has 0 aliphatic carbocycles. The summed E-state index contributed by atoms with van der Waals surface area (Å²) in [5.41, 5.74) is 13.2. The molecule has 2 aromatic rings. The summed E-state index contributed by atoms with van der Waals surface area (Å²) in [7, 11) is 0.500. The van der Waals surface area contributed by atoms with Gasteiger partial charge in [0.15, 0.2) is 0 Å². The van der Waals surface area contributed by atoms with Gasteiger partial charge in [-0.15, -0.1) is 0 Å². The fourth-order valence-corrected chi connectivity index (χ4v) is 2.31. The number of para-hydroxylation sites is 1. The van der Waals surface area contributed by atoms with Gasteiger partial charge in [-0.3, -0.25) is 4.39 Å². The van der Waals surface area contributed by atoms with Gasteiger partial charge in [0.25, 0.3) is 0 Å². The predicted molar refractivity (Wildman–Crippen MR) is 120 cm³/mol. The molecule has 0 fully saturated rings. The van der Waals surface area contributed by atoms with Gasteiger partial charge in [-0.1, -0.05) is 39.8 Å². The van der Waals surface area contributed by atoms with Crippen LogP contribution in [0.4, 0.5) is 15.9 Å². The molecule has 2 heterocycles. The van der Waals surface area contributed by atoms with E-state index in [1.165, 1.54) is 19.9 Å². The third kappa shape index (κ3) is 7.93. The lowest BCUT2D eigenvalue weighted by atomic mass is 9.97. The van der Waals surface area contributed by atoms with Crippen LogP contribution in [0.1, 0.15) is 68.6 Å². The number of nitriles is 1. The zero-order valence-corrected chi connectivity index (χ0v) is 19.0. The number of aromatic nitrogens is 1. The highest BCUT2D eigenvalue weighted by atomic mass is 19.1. The highest BCUT2D eigenvalue weighted by Crippen LogP contribution is 2.41. The quantitative estimate of drug-likeness (QED) is 0.496.